The Hall–Kier alpha value is -0.0400. The minimum atomic E-state index is 0.318. The molecule has 0 radical (unpaired) electrons. The molecular weight excluding hydrogens is 220 g/mol. The van der Waals surface area contributed by atoms with Gasteiger partial charge in [0.05, 0.1) is 6.61 Å². The first-order valence-electron chi connectivity index (χ1n) is 8.14. The molecule has 1 nitrogen and oxygen atoms in total. The van der Waals surface area contributed by atoms with Crippen molar-refractivity contribution in [2.75, 3.05) is 13.2 Å². The van der Waals surface area contributed by atoms with Crippen molar-refractivity contribution in [3.63, 3.8) is 0 Å². The van der Waals surface area contributed by atoms with Crippen LogP contribution in [0.4, 0.5) is 0 Å². The predicted molar refractivity (Wildman–Crippen MR) is 82.1 cm³/mol. The smallest absolute Gasteiger partial charge is 0.0514 e. The van der Waals surface area contributed by atoms with Crippen molar-refractivity contribution in [1.82, 2.24) is 0 Å². The summed E-state index contributed by atoms with van der Waals surface area (Å²) in [6, 6.07) is 0. The molecule has 0 fully saturated rings. The van der Waals surface area contributed by atoms with Gasteiger partial charge in [0.1, 0.15) is 0 Å². The largest absolute Gasteiger partial charge is 0.381 e. The SMILES string of the molecule is CCCCCCCCCCCCOCC(C)(C)C. The van der Waals surface area contributed by atoms with Gasteiger partial charge in [-0.25, -0.2) is 0 Å². The fourth-order valence-corrected chi connectivity index (χ4v) is 2.07. The number of unbranched alkanes of at least 4 members (excludes halogenated alkanes) is 9. The van der Waals surface area contributed by atoms with Crippen molar-refractivity contribution in [2.24, 2.45) is 5.41 Å². The van der Waals surface area contributed by atoms with Gasteiger partial charge in [0.2, 0.25) is 0 Å². The van der Waals surface area contributed by atoms with E-state index in [0.29, 0.717) is 5.41 Å². The van der Waals surface area contributed by atoms with Crippen molar-refractivity contribution >= 4 is 0 Å². The Kier molecular flexibility index (Phi) is 12.0. The fourth-order valence-electron chi connectivity index (χ4n) is 2.07. The van der Waals surface area contributed by atoms with Gasteiger partial charge in [0, 0.05) is 6.61 Å². The molecule has 0 aromatic heterocycles. The molecule has 0 rings (SSSR count). The minimum absolute atomic E-state index is 0.318. The second kappa shape index (κ2) is 12.0. The Labute approximate surface area is 116 Å². The number of hydrogen-bond donors (Lipinski definition) is 0. The maximum Gasteiger partial charge on any atom is 0.0514 e. The van der Waals surface area contributed by atoms with E-state index in [1.165, 1.54) is 64.2 Å². The summed E-state index contributed by atoms with van der Waals surface area (Å²) in [4.78, 5) is 0. The van der Waals surface area contributed by atoms with Crippen LogP contribution in [0.15, 0.2) is 0 Å². The van der Waals surface area contributed by atoms with E-state index in [1.54, 1.807) is 0 Å². The van der Waals surface area contributed by atoms with Crippen LogP contribution in [-0.2, 0) is 4.74 Å². The van der Waals surface area contributed by atoms with Crippen molar-refractivity contribution in [2.45, 2.75) is 91.9 Å². The molecule has 110 valence electrons. The van der Waals surface area contributed by atoms with E-state index in [-0.39, 0.29) is 0 Å². The summed E-state index contributed by atoms with van der Waals surface area (Å²) in [6.45, 7) is 10.8. The molecule has 0 unspecified atom stereocenters. The average molecular weight is 256 g/mol. The lowest BCUT2D eigenvalue weighted by Crippen LogP contribution is -2.14. The summed E-state index contributed by atoms with van der Waals surface area (Å²) < 4.78 is 5.67. The van der Waals surface area contributed by atoms with Crippen LogP contribution in [0.2, 0.25) is 0 Å². The zero-order valence-corrected chi connectivity index (χ0v) is 13.4. The first-order valence-corrected chi connectivity index (χ1v) is 8.14. The van der Waals surface area contributed by atoms with Crippen LogP contribution in [0.25, 0.3) is 0 Å². The van der Waals surface area contributed by atoms with Gasteiger partial charge in [0.15, 0.2) is 0 Å². The van der Waals surface area contributed by atoms with E-state index in [2.05, 4.69) is 27.7 Å². The third-order valence-electron chi connectivity index (χ3n) is 3.18. The maximum atomic E-state index is 5.67. The van der Waals surface area contributed by atoms with Crippen LogP contribution >= 0.6 is 0 Å². The lowest BCUT2D eigenvalue weighted by atomic mass is 9.99. The van der Waals surface area contributed by atoms with Gasteiger partial charge in [-0.3, -0.25) is 0 Å². The van der Waals surface area contributed by atoms with E-state index in [9.17, 15) is 0 Å². The molecule has 0 aliphatic rings. The molecule has 1 heteroatoms. The molecular formula is C17H36O. The highest BCUT2D eigenvalue weighted by Gasteiger charge is 2.09. The Balaban J connectivity index is 2.99. The molecule has 0 spiro atoms. The highest BCUT2D eigenvalue weighted by atomic mass is 16.5. The predicted octanol–water partition coefficient (Wildman–Crippen LogP) is 5.97. The monoisotopic (exact) mass is 256 g/mol. The standard InChI is InChI=1S/C17H36O/c1-5-6-7-8-9-10-11-12-13-14-15-18-16-17(2,3)4/h5-16H2,1-4H3. The van der Waals surface area contributed by atoms with Crippen molar-refractivity contribution in [1.29, 1.82) is 0 Å². The second-order valence-electron chi connectivity index (χ2n) is 6.80. The van der Waals surface area contributed by atoms with E-state index in [4.69, 9.17) is 4.74 Å². The first-order chi connectivity index (χ1) is 8.56. The Morgan fingerprint density at radius 2 is 1.11 bits per heavy atom. The quantitative estimate of drug-likeness (QED) is 0.391. The molecule has 0 saturated carbocycles. The van der Waals surface area contributed by atoms with E-state index in [0.717, 1.165) is 13.2 Å². The molecule has 0 N–H and O–H groups in total. The summed E-state index contributed by atoms with van der Waals surface area (Å²) in [6.07, 6.45) is 14.0. The highest BCUT2D eigenvalue weighted by Crippen LogP contribution is 2.14. The zero-order chi connectivity index (χ0) is 13.7. The molecule has 0 aliphatic heterocycles. The topological polar surface area (TPSA) is 9.23 Å². The van der Waals surface area contributed by atoms with Gasteiger partial charge in [-0.2, -0.15) is 0 Å². The van der Waals surface area contributed by atoms with Gasteiger partial charge < -0.3 is 4.74 Å². The third kappa shape index (κ3) is 16.0. The van der Waals surface area contributed by atoms with Crippen molar-refractivity contribution in [3.8, 4) is 0 Å². The Morgan fingerprint density at radius 1 is 0.667 bits per heavy atom. The van der Waals surface area contributed by atoms with Crippen LogP contribution in [0, 0.1) is 5.41 Å². The number of hydrogen-bond acceptors (Lipinski definition) is 1. The van der Waals surface area contributed by atoms with Gasteiger partial charge in [-0.15, -0.1) is 0 Å². The van der Waals surface area contributed by atoms with Crippen LogP contribution in [-0.4, -0.2) is 13.2 Å². The van der Waals surface area contributed by atoms with Gasteiger partial charge in [-0.1, -0.05) is 85.5 Å². The molecule has 0 saturated heterocycles. The molecule has 0 aliphatic carbocycles. The minimum Gasteiger partial charge on any atom is -0.381 e. The third-order valence-corrected chi connectivity index (χ3v) is 3.18. The second-order valence-corrected chi connectivity index (χ2v) is 6.80. The van der Waals surface area contributed by atoms with Gasteiger partial charge in [0.25, 0.3) is 0 Å². The van der Waals surface area contributed by atoms with Crippen LogP contribution in [0.3, 0.4) is 0 Å². The fraction of sp³-hybridized carbons (Fsp3) is 1.00. The lowest BCUT2D eigenvalue weighted by Gasteiger charge is -2.17. The molecule has 0 heterocycles. The summed E-state index contributed by atoms with van der Waals surface area (Å²) in [7, 11) is 0. The first kappa shape index (κ1) is 18.0. The van der Waals surface area contributed by atoms with Crippen molar-refractivity contribution in [3.05, 3.63) is 0 Å². The van der Waals surface area contributed by atoms with E-state index >= 15 is 0 Å². The van der Waals surface area contributed by atoms with Crippen LogP contribution < -0.4 is 0 Å². The summed E-state index contributed by atoms with van der Waals surface area (Å²) in [5.41, 5.74) is 0.318. The normalized spacial score (nSPS) is 12.0. The lowest BCUT2D eigenvalue weighted by molar-refractivity contribution is 0.0686. The molecule has 0 aromatic carbocycles. The maximum absolute atomic E-state index is 5.67. The van der Waals surface area contributed by atoms with Gasteiger partial charge in [-0.05, 0) is 11.8 Å². The molecule has 0 atom stereocenters. The summed E-state index contributed by atoms with van der Waals surface area (Å²) >= 11 is 0. The molecule has 18 heavy (non-hydrogen) atoms. The summed E-state index contributed by atoms with van der Waals surface area (Å²) in [5.74, 6) is 0. The Bertz CT molecular complexity index is 157. The Morgan fingerprint density at radius 3 is 1.56 bits per heavy atom. The molecule has 0 amide bonds. The highest BCUT2D eigenvalue weighted by molar-refractivity contribution is 4.58. The zero-order valence-electron chi connectivity index (χ0n) is 13.4. The van der Waals surface area contributed by atoms with E-state index in [1.807, 2.05) is 0 Å². The molecule has 0 bridgehead atoms. The van der Waals surface area contributed by atoms with E-state index < -0.39 is 0 Å². The number of ether oxygens (including phenoxy) is 1. The van der Waals surface area contributed by atoms with Crippen molar-refractivity contribution < 1.29 is 4.74 Å². The average Bonchev–Trinajstić information content (AvgIpc) is 2.29. The van der Waals surface area contributed by atoms with Crippen LogP contribution in [0.1, 0.15) is 91.9 Å². The van der Waals surface area contributed by atoms with Gasteiger partial charge >= 0.3 is 0 Å². The number of rotatable bonds is 12. The van der Waals surface area contributed by atoms with Crippen LogP contribution in [0.5, 0.6) is 0 Å². The summed E-state index contributed by atoms with van der Waals surface area (Å²) in [5, 5.41) is 0. The molecule has 0 aromatic rings.